The molecule has 0 saturated heterocycles. The second-order valence-electron chi connectivity index (χ2n) is 4.46. The minimum Gasteiger partial charge on any atom is -0.396 e. The fourth-order valence-corrected chi connectivity index (χ4v) is 2.61. The zero-order valence-corrected chi connectivity index (χ0v) is 13.1. The zero-order chi connectivity index (χ0) is 16.5. The van der Waals surface area contributed by atoms with Crippen LogP contribution in [0.15, 0.2) is 27.0 Å². The van der Waals surface area contributed by atoms with Gasteiger partial charge in [0.05, 0.1) is 26.3 Å². The van der Waals surface area contributed by atoms with E-state index in [2.05, 4.69) is 6.58 Å². The lowest BCUT2D eigenvalue weighted by Crippen LogP contribution is -2.54. The van der Waals surface area contributed by atoms with Crippen molar-refractivity contribution < 1.29 is 10.2 Å². The average Bonchev–Trinajstić information content (AvgIpc) is 2.51. The summed E-state index contributed by atoms with van der Waals surface area (Å²) in [6.07, 6.45) is 1.96. The molecule has 22 heavy (non-hydrogen) atoms. The maximum Gasteiger partial charge on any atom is 0.336 e. The second-order valence-corrected chi connectivity index (χ2v) is 5.69. The topological polar surface area (TPSA) is 106 Å². The molecule has 0 fully saturated rings. The minimum absolute atomic E-state index is 0.00262. The van der Waals surface area contributed by atoms with Gasteiger partial charge in [-0.3, -0.25) is 0 Å². The first-order valence-electron chi connectivity index (χ1n) is 6.93. The van der Waals surface area contributed by atoms with Crippen molar-refractivity contribution in [3.05, 3.63) is 44.1 Å². The van der Waals surface area contributed by atoms with Crippen LogP contribution in [0.25, 0.3) is 0 Å². The third-order valence-corrected chi connectivity index (χ3v) is 3.98. The van der Waals surface area contributed by atoms with Gasteiger partial charge in [-0.1, -0.05) is 6.08 Å². The highest BCUT2D eigenvalue weighted by Crippen LogP contribution is 2.01. The molecule has 1 aromatic heterocycles. The van der Waals surface area contributed by atoms with E-state index >= 15 is 0 Å². The Morgan fingerprint density at radius 1 is 0.909 bits per heavy atom. The van der Waals surface area contributed by atoms with Crippen LogP contribution in [0.2, 0.25) is 0 Å². The number of allylic oxidation sites excluding steroid dienone is 1. The van der Waals surface area contributed by atoms with Crippen molar-refractivity contribution in [3.8, 4) is 0 Å². The first kappa shape index (κ1) is 18.5. The van der Waals surface area contributed by atoms with Gasteiger partial charge >= 0.3 is 17.1 Å². The molecule has 0 unspecified atom stereocenters. The van der Waals surface area contributed by atoms with E-state index in [0.29, 0.717) is 17.9 Å². The van der Waals surface area contributed by atoms with Crippen LogP contribution in [0.5, 0.6) is 0 Å². The van der Waals surface area contributed by atoms with Crippen molar-refractivity contribution in [3.63, 3.8) is 0 Å². The number of aromatic nitrogens is 3. The summed E-state index contributed by atoms with van der Waals surface area (Å²) in [4.78, 5) is 36.5. The number of aliphatic hydroxyl groups is 2. The molecule has 1 rings (SSSR count). The maximum absolute atomic E-state index is 12.2. The van der Waals surface area contributed by atoms with Gasteiger partial charge in [0.25, 0.3) is 0 Å². The molecule has 0 amide bonds. The molecule has 2 N–H and O–H groups in total. The summed E-state index contributed by atoms with van der Waals surface area (Å²) < 4.78 is 2.77. The molecule has 0 aromatic carbocycles. The Balaban J connectivity index is 3.14. The van der Waals surface area contributed by atoms with Crippen LogP contribution < -0.4 is 17.1 Å². The number of hydrogen-bond acceptors (Lipinski definition) is 6. The maximum atomic E-state index is 12.2. The third-order valence-electron chi connectivity index (χ3n) is 2.93. The third kappa shape index (κ3) is 4.46. The summed E-state index contributed by atoms with van der Waals surface area (Å²) in [6.45, 7) is 3.23. The van der Waals surface area contributed by atoms with Crippen molar-refractivity contribution in [2.45, 2.75) is 26.1 Å². The molecular formula is C13H21N3O5S. The molecule has 0 spiro atoms. The van der Waals surface area contributed by atoms with Crippen LogP contribution in [0.4, 0.5) is 0 Å². The molecule has 1 aromatic rings. The normalized spacial score (nSPS) is 10.8. The van der Waals surface area contributed by atoms with Crippen molar-refractivity contribution in [2.24, 2.45) is 0 Å². The van der Waals surface area contributed by atoms with E-state index < -0.39 is 17.1 Å². The summed E-state index contributed by atoms with van der Waals surface area (Å²) >= 11 is 1.52. The van der Waals surface area contributed by atoms with Gasteiger partial charge < -0.3 is 10.2 Å². The Morgan fingerprint density at radius 3 is 2.05 bits per heavy atom. The summed E-state index contributed by atoms with van der Waals surface area (Å²) in [5, 5.41) is 17.7. The van der Waals surface area contributed by atoms with Crippen molar-refractivity contribution in [1.82, 2.24) is 13.7 Å². The van der Waals surface area contributed by atoms with E-state index in [9.17, 15) is 14.4 Å². The van der Waals surface area contributed by atoms with Crippen molar-refractivity contribution in [1.29, 1.82) is 0 Å². The number of hydrogen-bond donors (Lipinski definition) is 2. The van der Waals surface area contributed by atoms with Gasteiger partial charge in [-0.25, -0.2) is 28.1 Å². The van der Waals surface area contributed by atoms with E-state index in [1.807, 2.05) is 0 Å². The highest BCUT2D eigenvalue weighted by molar-refractivity contribution is 7.99. The zero-order valence-electron chi connectivity index (χ0n) is 12.3. The van der Waals surface area contributed by atoms with E-state index in [-0.39, 0.29) is 32.8 Å². The van der Waals surface area contributed by atoms with Crippen molar-refractivity contribution >= 4 is 11.8 Å². The van der Waals surface area contributed by atoms with Crippen molar-refractivity contribution in [2.75, 3.05) is 24.7 Å². The van der Waals surface area contributed by atoms with Gasteiger partial charge in [0, 0.05) is 12.3 Å². The first-order chi connectivity index (χ1) is 10.6. The molecule has 8 nitrogen and oxygen atoms in total. The largest absolute Gasteiger partial charge is 0.396 e. The molecule has 0 atom stereocenters. The molecule has 0 saturated carbocycles. The van der Waals surface area contributed by atoms with Gasteiger partial charge in [0.1, 0.15) is 0 Å². The van der Waals surface area contributed by atoms with E-state index in [1.165, 1.54) is 17.8 Å². The number of aliphatic hydroxyl groups excluding tert-OH is 2. The smallest absolute Gasteiger partial charge is 0.336 e. The Kier molecular flexibility index (Phi) is 7.92. The second kappa shape index (κ2) is 9.44. The Bertz CT molecular complexity index is 661. The first-order valence-corrected chi connectivity index (χ1v) is 8.08. The van der Waals surface area contributed by atoms with Gasteiger partial charge in [-0.15, -0.1) is 6.58 Å². The SMILES string of the molecule is C=CCn1c(=O)n(CCO)c(=O)n(CCCSCCO)c1=O. The summed E-state index contributed by atoms with van der Waals surface area (Å²) in [5.74, 6) is 1.28. The molecule has 1 heterocycles. The lowest BCUT2D eigenvalue weighted by molar-refractivity contribution is 0.265. The molecule has 0 aliphatic carbocycles. The Hall–Kier alpha value is -1.58. The van der Waals surface area contributed by atoms with Crippen LogP contribution >= 0.6 is 11.8 Å². The number of nitrogens with zero attached hydrogens (tertiary/aromatic N) is 3. The molecule has 9 heteroatoms. The predicted octanol–water partition coefficient (Wildman–Crippen LogP) is -1.53. The highest BCUT2D eigenvalue weighted by Gasteiger charge is 2.14. The fourth-order valence-electron chi connectivity index (χ4n) is 1.94. The highest BCUT2D eigenvalue weighted by atomic mass is 32.2. The number of rotatable bonds is 10. The molecule has 0 bridgehead atoms. The fraction of sp³-hybridized carbons (Fsp3) is 0.615. The monoisotopic (exact) mass is 331 g/mol. The lowest BCUT2D eigenvalue weighted by Gasteiger charge is -2.12. The van der Waals surface area contributed by atoms with Gasteiger partial charge in [-0.05, 0) is 12.2 Å². The summed E-state index contributed by atoms with van der Waals surface area (Å²) in [6, 6.07) is 0. The Morgan fingerprint density at radius 2 is 1.50 bits per heavy atom. The standard InChI is InChI=1S/C13H21N3O5S/c1-2-4-14-11(19)15(5-3-9-22-10-8-18)13(21)16(6-7-17)12(14)20/h2,17-18H,1,3-10H2. The van der Waals surface area contributed by atoms with Crippen LogP contribution in [0, 0.1) is 0 Å². The van der Waals surface area contributed by atoms with Crippen LogP contribution in [-0.4, -0.2) is 48.6 Å². The number of thioether (sulfide) groups is 1. The van der Waals surface area contributed by atoms with Crippen LogP contribution in [0.3, 0.4) is 0 Å². The minimum atomic E-state index is -0.741. The van der Waals surface area contributed by atoms with Gasteiger partial charge in [0.2, 0.25) is 0 Å². The van der Waals surface area contributed by atoms with Crippen LogP contribution in [0.1, 0.15) is 6.42 Å². The molecule has 0 aliphatic rings. The summed E-state index contributed by atoms with van der Waals surface area (Å²) in [5.41, 5.74) is -2.12. The van der Waals surface area contributed by atoms with Gasteiger partial charge in [-0.2, -0.15) is 11.8 Å². The molecule has 0 aliphatic heterocycles. The van der Waals surface area contributed by atoms with E-state index in [1.54, 1.807) is 0 Å². The van der Waals surface area contributed by atoms with Crippen LogP contribution in [-0.2, 0) is 19.6 Å². The van der Waals surface area contributed by atoms with Gasteiger partial charge in [0.15, 0.2) is 0 Å². The molecule has 124 valence electrons. The summed E-state index contributed by atoms with van der Waals surface area (Å²) in [7, 11) is 0. The van der Waals surface area contributed by atoms with E-state index in [4.69, 9.17) is 10.2 Å². The quantitative estimate of drug-likeness (QED) is 0.398. The lowest BCUT2D eigenvalue weighted by atomic mass is 10.5. The predicted molar refractivity (Wildman–Crippen MR) is 85.5 cm³/mol. The molecular weight excluding hydrogens is 310 g/mol. The Labute approximate surface area is 131 Å². The van der Waals surface area contributed by atoms with E-state index in [0.717, 1.165) is 13.7 Å². The average molecular weight is 331 g/mol. The molecule has 0 radical (unpaired) electrons.